The molecule has 124 valence electrons. The average Bonchev–Trinajstić information content (AvgIpc) is 3.30. The number of hydrogen-bond donors (Lipinski definition) is 0. The Morgan fingerprint density at radius 2 is 1.96 bits per heavy atom. The summed E-state index contributed by atoms with van der Waals surface area (Å²) in [5.41, 5.74) is 1.87. The molecule has 3 heterocycles. The minimum atomic E-state index is -0.212. The van der Waals surface area contributed by atoms with Crippen LogP contribution in [-0.2, 0) is 6.54 Å². The molecule has 0 bridgehead atoms. The zero-order valence-electron chi connectivity index (χ0n) is 13.4. The molecule has 4 rings (SSSR count). The number of rotatable bonds is 4. The molecular formula is C17H14N6O2. The van der Waals surface area contributed by atoms with Gasteiger partial charge in [0.15, 0.2) is 5.65 Å². The van der Waals surface area contributed by atoms with Crippen LogP contribution in [0, 0.1) is 0 Å². The second-order valence-corrected chi connectivity index (χ2v) is 5.47. The van der Waals surface area contributed by atoms with Crippen molar-refractivity contribution in [2.24, 2.45) is 0 Å². The van der Waals surface area contributed by atoms with Crippen molar-refractivity contribution < 1.29 is 9.21 Å². The van der Waals surface area contributed by atoms with Gasteiger partial charge in [-0.2, -0.15) is 5.10 Å². The predicted molar refractivity (Wildman–Crippen MR) is 88.5 cm³/mol. The van der Waals surface area contributed by atoms with Crippen LogP contribution >= 0.6 is 0 Å². The first-order valence-corrected chi connectivity index (χ1v) is 7.64. The van der Waals surface area contributed by atoms with Crippen molar-refractivity contribution in [2.45, 2.75) is 6.54 Å². The lowest BCUT2D eigenvalue weighted by Gasteiger charge is -2.15. The third-order valence-electron chi connectivity index (χ3n) is 3.73. The monoisotopic (exact) mass is 334 g/mol. The molecule has 0 aliphatic carbocycles. The highest BCUT2D eigenvalue weighted by Gasteiger charge is 2.18. The highest BCUT2D eigenvalue weighted by Crippen LogP contribution is 2.18. The number of pyridine rings is 1. The standard InChI is InChI=1S/C17H14N6O2/c1-22(17(24)13-8-5-9-14-18-11-19-23(13)14)10-15-20-21-16(25-15)12-6-3-2-4-7-12/h2-9,11H,10H2,1H3. The molecule has 0 unspecified atom stereocenters. The molecule has 0 atom stereocenters. The molecule has 1 amide bonds. The van der Waals surface area contributed by atoms with Crippen LogP contribution in [-0.4, -0.2) is 42.7 Å². The Balaban J connectivity index is 1.54. The van der Waals surface area contributed by atoms with Gasteiger partial charge in [0, 0.05) is 12.6 Å². The summed E-state index contributed by atoms with van der Waals surface area (Å²) in [6.45, 7) is 0.198. The van der Waals surface area contributed by atoms with Gasteiger partial charge in [-0.3, -0.25) is 4.79 Å². The van der Waals surface area contributed by atoms with E-state index in [0.717, 1.165) is 5.56 Å². The number of carbonyl (C=O) groups excluding carboxylic acids is 1. The van der Waals surface area contributed by atoms with Crippen molar-refractivity contribution in [1.82, 2.24) is 29.7 Å². The van der Waals surface area contributed by atoms with Crippen LogP contribution in [0.1, 0.15) is 16.4 Å². The van der Waals surface area contributed by atoms with E-state index in [2.05, 4.69) is 20.3 Å². The highest BCUT2D eigenvalue weighted by molar-refractivity contribution is 5.92. The van der Waals surface area contributed by atoms with Gasteiger partial charge in [0.2, 0.25) is 11.8 Å². The number of amides is 1. The Morgan fingerprint density at radius 3 is 2.80 bits per heavy atom. The molecule has 0 saturated heterocycles. The van der Waals surface area contributed by atoms with Crippen LogP contribution in [0.2, 0.25) is 0 Å². The zero-order chi connectivity index (χ0) is 17.2. The summed E-state index contributed by atoms with van der Waals surface area (Å²) < 4.78 is 7.15. The topological polar surface area (TPSA) is 89.4 Å². The normalized spacial score (nSPS) is 10.9. The summed E-state index contributed by atoms with van der Waals surface area (Å²) in [5, 5.41) is 12.1. The molecule has 3 aromatic heterocycles. The van der Waals surface area contributed by atoms with Crippen LogP contribution < -0.4 is 0 Å². The smallest absolute Gasteiger partial charge is 0.272 e. The Labute approximate surface area is 142 Å². The third-order valence-corrected chi connectivity index (χ3v) is 3.73. The molecule has 1 aromatic carbocycles. The maximum atomic E-state index is 12.7. The molecule has 0 radical (unpaired) electrons. The Kier molecular flexibility index (Phi) is 3.70. The number of hydrogen-bond acceptors (Lipinski definition) is 6. The fourth-order valence-electron chi connectivity index (χ4n) is 2.49. The quantitative estimate of drug-likeness (QED) is 0.567. The van der Waals surface area contributed by atoms with Crippen molar-refractivity contribution in [1.29, 1.82) is 0 Å². The number of fused-ring (bicyclic) bond motifs is 1. The Morgan fingerprint density at radius 1 is 1.12 bits per heavy atom. The van der Waals surface area contributed by atoms with E-state index in [4.69, 9.17) is 4.42 Å². The molecule has 8 nitrogen and oxygen atoms in total. The third kappa shape index (κ3) is 2.85. The average molecular weight is 334 g/mol. The molecule has 0 N–H and O–H groups in total. The molecule has 4 aromatic rings. The number of carbonyl (C=O) groups is 1. The van der Waals surface area contributed by atoms with Gasteiger partial charge in [-0.25, -0.2) is 9.50 Å². The first kappa shape index (κ1) is 15.0. The van der Waals surface area contributed by atoms with E-state index in [1.54, 1.807) is 25.2 Å². The molecule has 0 saturated carbocycles. The lowest BCUT2D eigenvalue weighted by atomic mass is 10.2. The maximum Gasteiger partial charge on any atom is 0.272 e. The lowest BCUT2D eigenvalue weighted by molar-refractivity contribution is 0.0764. The summed E-state index contributed by atoms with van der Waals surface area (Å²) in [6, 6.07) is 14.7. The second-order valence-electron chi connectivity index (χ2n) is 5.47. The second kappa shape index (κ2) is 6.16. The molecular weight excluding hydrogens is 320 g/mol. The lowest BCUT2D eigenvalue weighted by Crippen LogP contribution is -2.28. The SMILES string of the molecule is CN(Cc1nnc(-c2ccccc2)o1)C(=O)c1cccc2ncnn12. The van der Waals surface area contributed by atoms with Gasteiger partial charge in [0.1, 0.15) is 12.0 Å². The van der Waals surface area contributed by atoms with Crippen LogP contribution in [0.15, 0.2) is 59.3 Å². The highest BCUT2D eigenvalue weighted by atomic mass is 16.4. The minimum absolute atomic E-state index is 0.198. The van der Waals surface area contributed by atoms with Crippen molar-refractivity contribution in [2.75, 3.05) is 7.05 Å². The van der Waals surface area contributed by atoms with E-state index >= 15 is 0 Å². The van der Waals surface area contributed by atoms with Crippen molar-refractivity contribution >= 4 is 11.6 Å². The van der Waals surface area contributed by atoms with E-state index in [1.165, 1.54) is 15.7 Å². The fourth-order valence-corrected chi connectivity index (χ4v) is 2.49. The van der Waals surface area contributed by atoms with E-state index < -0.39 is 0 Å². The van der Waals surface area contributed by atoms with Gasteiger partial charge in [0.25, 0.3) is 5.91 Å². The van der Waals surface area contributed by atoms with Crippen LogP contribution in [0.25, 0.3) is 17.1 Å². The van der Waals surface area contributed by atoms with Gasteiger partial charge in [-0.1, -0.05) is 24.3 Å². The summed E-state index contributed by atoms with van der Waals surface area (Å²) in [6.07, 6.45) is 1.41. The summed E-state index contributed by atoms with van der Waals surface area (Å²) in [5.74, 6) is 0.575. The molecule has 0 fully saturated rings. The van der Waals surface area contributed by atoms with E-state index in [1.807, 2.05) is 30.3 Å². The van der Waals surface area contributed by atoms with Crippen molar-refractivity contribution in [3.8, 4) is 11.5 Å². The molecule has 25 heavy (non-hydrogen) atoms. The largest absolute Gasteiger partial charge is 0.419 e. The molecule has 0 aliphatic rings. The van der Waals surface area contributed by atoms with E-state index in [0.29, 0.717) is 23.1 Å². The van der Waals surface area contributed by atoms with Crippen LogP contribution in [0.4, 0.5) is 0 Å². The van der Waals surface area contributed by atoms with Crippen LogP contribution in [0.3, 0.4) is 0 Å². The predicted octanol–water partition coefficient (Wildman–Crippen LogP) is 2.05. The van der Waals surface area contributed by atoms with E-state index in [9.17, 15) is 4.79 Å². The number of aromatic nitrogens is 5. The fraction of sp³-hybridized carbons (Fsp3) is 0.118. The first-order valence-electron chi connectivity index (χ1n) is 7.64. The summed E-state index contributed by atoms with van der Waals surface area (Å²) in [4.78, 5) is 18.3. The summed E-state index contributed by atoms with van der Waals surface area (Å²) >= 11 is 0. The van der Waals surface area contributed by atoms with Gasteiger partial charge < -0.3 is 9.32 Å². The zero-order valence-corrected chi connectivity index (χ0v) is 13.4. The van der Waals surface area contributed by atoms with Gasteiger partial charge in [-0.15, -0.1) is 10.2 Å². The molecule has 0 spiro atoms. The molecule has 8 heteroatoms. The van der Waals surface area contributed by atoms with Gasteiger partial charge in [-0.05, 0) is 24.3 Å². The molecule has 0 aliphatic heterocycles. The van der Waals surface area contributed by atoms with Gasteiger partial charge in [0.05, 0.1) is 6.54 Å². The number of nitrogens with zero attached hydrogens (tertiary/aromatic N) is 6. The summed E-state index contributed by atoms with van der Waals surface area (Å²) in [7, 11) is 1.67. The van der Waals surface area contributed by atoms with Gasteiger partial charge >= 0.3 is 0 Å². The minimum Gasteiger partial charge on any atom is -0.419 e. The number of benzene rings is 1. The van der Waals surface area contributed by atoms with Crippen molar-refractivity contribution in [3.05, 3.63) is 66.4 Å². The Bertz CT molecular complexity index is 1020. The van der Waals surface area contributed by atoms with Crippen molar-refractivity contribution in [3.63, 3.8) is 0 Å². The van der Waals surface area contributed by atoms with Crippen LogP contribution in [0.5, 0.6) is 0 Å². The first-order chi connectivity index (χ1) is 12.2. The van der Waals surface area contributed by atoms with E-state index in [-0.39, 0.29) is 12.5 Å². The Hall–Kier alpha value is -3.55. The maximum absolute atomic E-state index is 12.7.